The van der Waals surface area contributed by atoms with E-state index in [1.807, 2.05) is 0 Å². The monoisotopic (exact) mass is 253 g/mol. The third-order valence-electron chi connectivity index (χ3n) is 2.81. The average molecular weight is 253 g/mol. The fourth-order valence-corrected chi connectivity index (χ4v) is 1.88. The van der Waals surface area contributed by atoms with Gasteiger partial charge in [-0.25, -0.2) is 4.79 Å². The van der Waals surface area contributed by atoms with E-state index in [-0.39, 0.29) is 5.91 Å². The molecule has 7 heteroatoms. The maximum Gasteiger partial charge on any atom is 0.332 e. The van der Waals surface area contributed by atoms with E-state index >= 15 is 0 Å². The lowest BCUT2D eigenvalue weighted by Gasteiger charge is -2.11. The molecule has 0 aromatic carbocycles. The Labute approximate surface area is 104 Å². The summed E-state index contributed by atoms with van der Waals surface area (Å²) in [7, 11) is 1.79. The van der Waals surface area contributed by atoms with Gasteiger partial charge >= 0.3 is 5.97 Å². The molecule has 0 bridgehead atoms. The van der Waals surface area contributed by atoms with E-state index in [0.717, 1.165) is 5.56 Å². The number of rotatable bonds is 4. The minimum Gasteiger partial charge on any atom is -0.479 e. The molecule has 0 aliphatic carbocycles. The van der Waals surface area contributed by atoms with Gasteiger partial charge in [0.1, 0.15) is 6.10 Å². The first-order chi connectivity index (χ1) is 8.56. The number of ether oxygens (including phenoxy) is 1. The van der Waals surface area contributed by atoms with E-state index < -0.39 is 18.2 Å². The summed E-state index contributed by atoms with van der Waals surface area (Å²) in [5.74, 6) is -1.29. The number of carboxylic acids is 1. The lowest BCUT2D eigenvalue weighted by Crippen LogP contribution is -2.35. The van der Waals surface area contributed by atoms with Crippen molar-refractivity contribution in [3.8, 4) is 0 Å². The number of hydrogen-bond acceptors (Lipinski definition) is 4. The summed E-state index contributed by atoms with van der Waals surface area (Å²) >= 11 is 0. The molecule has 2 atom stereocenters. The third kappa shape index (κ3) is 2.86. The van der Waals surface area contributed by atoms with Crippen molar-refractivity contribution in [2.45, 2.75) is 31.6 Å². The number of aryl methyl sites for hydroxylation is 1. The summed E-state index contributed by atoms with van der Waals surface area (Å²) in [6.45, 7) is 0.365. The van der Waals surface area contributed by atoms with Gasteiger partial charge in [-0.15, -0.1) is 0 Å². The summed E-state index contributed by atoms with van der Waals surface area (Å²) < 4.78 is 6.79. The molecular formula is C11H15N3O4. The molecule has 1 amide bonds. The number of amides is 1. The van der Waals surface area contributed by atoms with Crippen LogP contribution in [0.5, 0.6) is 0 Å². The third-order valence-corrected chi connectivity index (χ3v) is 2.81. The number of carboxylic acid groups (broad SMARTS) is 1. The molecule has 2 N–H and O–H groups in total. The molecule has 2 heterocycles. The number of carbonyl (C=O) groups is 2. The first-order valence-electron chi connectivity index (χ1n) is 5.70. The quantitative estimate of drug-likeness (QED) is 0.766. The Bertz CT molecular complexity index is 457. The van der Waals surface area contributed by atoms with Gasteiger partial charge in [0.25, 0.3) is 0 Å². The Kier molecular flexibility index (Phi) is 3.61. The van der Waals surface area contributed by atoms with E-state index in [1.165, 1.54) is 0 Å². The Morgan fingerprint density at radius 3 is 2.83 bits per heavy atom. The number of nitrogens with one attached hydrogen (secondary N) is 1. The fraction of sp³-hybridized carbons (Fsp3) is 0.545. The van der Waals surface area contributed by atoms with Crippen molar-refractivity contribution in [2.75, 3.05) is 0 Å². The second-order valence-corrected chi connectivity index (χ2v) is 4.27. The van der Waals surface area contributed by atoms with Gasteiger partial charge in [-0.3, -0.25) is 9.48 Å². The van der Waals surface area contributed by atoms with Crippen LogP contribution >= 0.6 is 0 Å². The normalized spacial score (nSPS) is 22.9. The van der Waals surface area contributed by atoms with Crippen LogP contribution in [0.2, 0.25) is 0 Å². The average Bonchev–Trinajstić information content (AvgIpc) is 2.94. The molecule has 1 fully saturated rings. The van der Waals surface area contributed by atoms with Gasteiger partial charge in [0.05, 0.1) is 6.20 Å². The minimum absolute atomic E-state index is 0.275. The van der Waals surface area contributed by atoms with Crippen molar-refractivity contribution in [3.63, 3.8) is 0 Å². The lowest BCUT2D eigenvalue weighted by molar-refractivity contribution is -0.151. The van der Waals surface area contributed by atoms with Gasteiger partial charge in [-0.05, 0) is 12.8 Å². The van der Waals surface area contributed by atoms with Crippen LogP contribution in [0.1, 0.15) is 18.4 Å². The van der Waals surface area contributed by atoms with Gasteiger partial charge in [-0.1, -0.05) is 0 Å². The van der Waals surface area contributed by atoms with Crippen LogP contribution < -0.4 is 5.32 Å². The number of aliphatic carboxylic acids is 1. The van der Waals surface area contributed by atoms with Gasteiger partial charge in [0.15, 0.2) is 6.10 Å². The Morgan fingerprint density at radius 1 is 1.56 bits per heavy atom. The Morgan fingerprint density at radius 2 is 2.28 bits per heavy atom. The summed E-state index contributed by atoms with van der Waals surface area (Å²) in [5.41, 5.74) is 0.888. The van der Waals surface area contributed by atoms with Gasteiger partial charge in [-0.2, -0.15) is 5.10 Å². The molecule has 1 aliphatic rings. The predicted octanol–water partition coefficient (Wildman–Crippen LogP) is -0.331. The van der Waals surface area contributed by atoms with Gasteiger partial charge < -0.3 is 15.2 Å². The zero-order valence-corrected chi connectivity index (χ0v) is 10.00. The molecule has 98 valence electrons. The zero-order valence-electron chi connectivity index (χ0n) is 10.00. The standard InChI is InChI=1S/C11H15N3O4/c1-14-6-7(5-13-14)4-12-10(15)8-2-3-9(18-8)11(16)17/h5-6,8-9H,2-4H2,1H3,(H,12,15)(H,16,17). The van der Waals surface area contributed by atoms with Crippen LogP contribution in [0.3, 0.4) is 0 Å². The molecule has 18 heavy (non-hydrogen) atoms. The van der Waals surface area contributed by atoms with Crippen LogP contribution in [-0.4, -0.2) is 39.0 Å². The lowest BCUT2D eigenvalue weighted by atomic mass is 10.2. The fourth-order valence-electron chi connectivity index (χ4n) is 1.88. The molecule has 1 aliphatic heterocycles. The Hall–Kier alpha value is -1.89. The Balaban J connectivity index is 1.80. The molecule has 7 nitrogen and oxygen atoms in total. The first kappa shape index (κ1) is 12.6. The van der Waals surface area contributed by atoms with Crippen LogP contribution in [0.4, 0.5) is 0 Å². The maximum absolute atomic E-state index is 11.7. The topological polar surface area (TPSA) is 93.5 Å². The van der Waals surface area contributed by atoms with E-state index in [0.29, 0.717) is 19.4 Å². The molecule has 2 unspecified atom stereocenters. The summed E-state index contributed by atoms with van der Waals surface area (Å²) in [4.78, 5) is 22.4. The molecule has 1 aromatic heterocycles. The van der Waals surface area contributed by atoms with Crippen LogP contribution in [0.15, 0.2) is 12.4 Å². The molecule has 2 rings (SSSR count). The largest absolute Gasteiger partial charge is 0.479 e. The van der Waals surface area contributed by atoms with Gasteiger partial charge in [0, 0.05) is 25.4 Å². The summed E-state index contributed by atoms with van der Waals surface area (Å²) in [6.07, 6.45) is 2.75. The molecule has 1 aromatic rings. The van der Waals surface area contributed by atoms with Crippen molar-refractivity contribution < 1.29 is 19.4 Å². The van der Waals surface area contributed by atoms with E-state index in [2.05, 4.69) is 10.4 Å². The highest BCUT2D eigenvalue weighted by atomic mass is 16.5. The highest BCUT2D eigenvalue weighted by Gasteiger charge is 2.34. The van der Waals surface area contributed by atoms with Crippen molar-refractivity contribution >= 4 is 11.9 Å². The first-order valence-corrected chi connectivity index (χ1v) is 5.70. The van der Waals surface area contributed by atoms with E-state index in [1.54, 1.807) is 24.1 Å². The highest BCUT2D eigenvalue weighted by molar-refractivity contribution is 5.82. The van der Waals surface area contributed by atoms with Gasteiger partial charge in [0.2, 0.25) is 5.91 Å². The second-order valence-electron chi connectivity index (χ2n) is 4.27. The zero-order chi connectivity index (χ0) is 13.1. The molecule has 0 saturated carbocycles. The molecule has 1 saturated heterocycles. The predicted molar refractivity (Wildman–Crippen MR) is 60.6 cm³/mol. The van der Waals surface area contributed by atoms with Crippen LogP contribution in [0.25, 0.3) is 0 Å². The van der Waals surface area contributed by atoms with Crippen molar-refractivity contribution in [3.05, 3.63) is 18.0 Å². The smallest absolute Gasteiger partial charge is 0.332 e. The van der Waals surface area contributed by atoms with Crippen LogP contribution in [-0.2, 0) is 27.9 Å². The van der Waals surface area contributed by atoms with E-state index in [4.69, 9.17) is 9.84 Å². The number of aromatic nitrogens is 2. The number of carbonyl (C=O) groups excluding carboxylic acids is 1. The summed E-state index contributed by atoms with van der Waals surface area (Å²) in [6, 6.07) is 0. The van der Waals surface area contributed by atoms with E-state index in [9.17, 15) is 9.59 Å². The summed E-state index contributed by atoms with van der Waals surface area (Å²) in [5, 5.41) is 15.4. The second kappa shape index (κ2) is 5.18. The van der Waals surface area contributed by atoms with Crippen molar-refractivity contribution in [1.82, 2.24) is 15.1 Å². The van der Waals surface area contributed by atoms with Crippen molar-refractivity contribution in [1.29, 1.82) is 0 Å². The molecule has 0 radical (unpaired) electrons. The number of hydrogen-bond donors (Lipinski definition) is 2. The van der Waals surface area contributed by atoms with Crippen LogP contribution in [0, 0.1) is 0 Å². The highest BCUT2D eigenvalue weighted by Crippen LogP contribution is 2.19. The molecule has 0 spiro atoms. The maximum atomic E-state index is 11.7. The van der Waals surface area contributed by atoms with Crippen molar-refractivity contribution in [2.24, 2.45) is 7.05 Å². The minimum atomic E-state index is -1.02. The molecular weight excluding hydrogens is 238 g/mol. The number of nitrogens with zero attached hydrogens (tertiary/aromatic N) is 2. The SMILES string of the molecule is Cn1cc(CNC(=O)C2CCC(C(=O)O)O2)cn1.